The van der Waals surface area contributed by atoms with Gasteiger partial charge in [0, 0.05) is 32.7 Å². The molecule has 1 aliphatic heterocycles. The molecule has 0 amide bonds. The number of morpholine rings is 1. The maximum atomic E-state index is 6.09. The number of benzene rings is 1. The zero-order valence-corrected chi connectivity index (χ0v) is 12.7. The van der Waals surface area contributed by atoms with Gasteiger partial charge in [-0.1, -0.05) is 24.3 Å². The molecule has 2 heterocycles. The molecule has 1 aromatic carbocycles. The molecule has 1 aromatic heterocycles. The van der Waals surface area contributed by atoms with Gasteiger partial charge in [0.25, 0.3) is 0 Å². The van der Waals surface area contributed by atoms with E-state index < -0.39 is 0 Å². The lowest BCUT2D eigenvalue weighted by molar-refractivity contribution is 0.0343. The fraction of sp³-hybridized carbons (Fsp3) is 0.438. The van der Waals surface area contributed by atoms with Crippen molar-refractivity contribution >= 4 is 17.0 Å². The second kappa shape index (κ2) is 6.91. The first kappa shape index (κ1) is 15.0. The third-order valence-corrected chi connectivity index (χ3v) is 3.97. The number of aromatic nitrogens is 2. The summed E-state index contributed by atoms with van der Waals surface area (Å²) in [6, 6.07) is 6.21. The highest BCUT2D eigenvalue weighted by molar-refractivity contribution is 5.81. The summed E-state index contributed by atoms with van der Waals surface area (Å²) in [7, 11) is 0. The van der Waals surface area contributed by atoms with Crippen LogP contribution in [0.15, 0.2) is 30.4 Å². The quantitative estimate of drug-likeness (QED) is 0.804. The molecule has 1 aliphatic rings. The molecule has 1 saturated heterocycles. The van der Waals surface area contributed by atoms with E-state index in [1.54, 1.807) is 0 Å². The minimum Gasteiger partial charge on any atom is -0.379 e. The van der Waals surface area contributed by atoms with Crippen LogP contribution in [0.4, 0.5) is 5.95 Å². The number of nitrogens with zero attached hydrogens (tertiary/aromatic N) is 3. The molecule has 0 spiro atoms. The minimum absolute atomic E-state index is 0.535. The lowest BCUT2D eigenvalue weighted by Gasteiger charge is -2.27. The Morgan fingerprint density at radius 3 is 2.82 bits per heavy atom. The lowest BCUT2D eigenvalue weighted by atomic mass is 10.1. The van der Waals surface area contributed by atoms with Crippen molar-refractivity contribution in [3.8, 4) is 0 Å². The largest absolute Gasteiger partial charge is 0.379 e. The van der Waals surface area contributed by atoms with Gasteiger partial charge in [-0.2, -0.15) is 0 Å². The molecule has 6 heteroatoms. The lowest BCUT2D eigenvalue weighted by Crippen LogP contribution is -2.35. The second-order valence-electron chi connectivity index (χ2n) is 5.46. The highest BCUT2D eigenvalue weighted by Crippen LogP contribution is 2.23. The summed E-state index contributed by atoms with van der Waals surface area (Å²) in [5.41, 5.74) is 14.9. The van der Waals surface area contributed by atoms with E-state index in [9.17, 15) is 0 Å². The molecule has 0 atom stereocenters. The number of imidazole rings is 1. The number of hydrogen-bond acceptors (Lipinski definition) is 5. The third-order valence-electron chi connectivity index (χ3n) is 3.97. The maximum absolute atomic E-state index is 6.09. The van der Waals surface area contributed by atoms with Gasteiger partial charge < -0.3 is 20.8 Å². The summed E-state index contributed by atoms with van der Waals surface area (Å²) in [5, 5.41) is 0. The van der Waals surface area contributed by atoms with Crippen molar-refractivity contribution in [2.24, 2.45) is 5.73 Å². The van der Waals surface area contributed by atoms with E-state index in [1.807, 2.05) is 24.3 Å². The first-order valence-corrected chi connectivity index (χ1v) is 7.68. The zero-order valence-electron chi connectivity index (χ0n) is 12.7. The van der Waals surface area contributed by atoms with Crippen molar-refractivity contribution in [3.05, 3.63) is 35.9 Å². The highest BCUT2D eigenvalue weighted by atomic mass is 16.5. The first-order valence-electron chi connectivity index (χ1n) is 7.68. The smallest absolute Gasteiger partial charge is 0.201 e. The first-order chi connectivity index (χ1) is 10.8. The summed E-state index contributed by atoms with van der Waals surface area (Å²) < 4.78 is 7.47. The monoisotopic (exact) mass is 301 g/mol. The number of hydrogen-bond donors (Lipinski definition) is 2. The Labute approximate surface area is 130 Å². The van der Waals surface area contributed by atoms with E-state index in [2.05, 4.69) is 20.5 Å². The fourth-order valence-electron chi connectivity index (χ4n) is 2.87. The van der Waals surface area contributed by atoms with Crippen molar-refractivity contribution in [1.29, 1.82) is 0 Å². The van der Waals surface area contributed by atoms with E-state index in [0.29, 0.717) is 19.0 Å². The number of rotatable bonds is 5. The van der Waals surface area contributed by atoms with Crippen LogP contribution in [0.2, 0.25) is 0 Å². The van der Waals surface area contributed by atoms with Gasteiger partial charge in [-0.05, 0) is 11.6 Å². The molecular formula is C16H23N5O. The molecule has 6 nitrogen and oxygen atoms in total. The second-order valence-corrected chi connectivity index (χ2v) is 5.46. The Balaban J connectivity index is 1.92. The van der Waals surface area contributed by atoms with Crippen LogP contribution < -0.4 is 11.5 Å². The summed E-state index contributed by atoms with van der Waals surface area (Å²) in [6.45, 7) is 5.66. The maximum Gasteiger partial charge on any atom is 0.201 e. The Hall–Kier alpha value is -1.89. The van der Waals surface area contributed by atoms with Crippen LogP contribution in [-0.2, 0) is 17.8 Å². The summed E-state index contributed by atoms with van der Waals surface area (Å²) in [5.74, 6) is 0.547. The number of ether oxygens (including phenoxy) is 1. The predicted molar refractivity (Wildman–Crippen MR) is 88.4 cm³/mol. The number of para-hydroxylation sites is 1. The van der Waals surface area contributed by atoms with Crippen molar-refractivity contribution in [3.63, 3.8) is 0 Å². The average Bonchev–Trinajstić information content (AvgIpc) is 2.85. The van der Waals surface area contributed by atoms with Crippen LogP contribution in [0.5, 0.6) is 0 Å². The number of anilines is 1. The van der Waals surface area contributed by atoms with Gasteiger partial charge >= 0.3 is 0 Å². The average molecular weight is 301 g/mol. The van der Waals surface area contributed by atoms with Crippen LogP contribution in [0, 0.1) is 0 Å². The molecule has 0 radical (unpaired) electrons. The Bertz CT molecular complexity index is 658. The number of fused-ring (bicyclic) bond motifs is 1. The normalized spacial score (nSPS) is 16.8. The topological polar surface area (TPSA) is 82.3 Å². The minimum atomic E-state index is 0.535. The fourth-order valence-corrected chi connectivity index (χ4v) is 2.87. The van der Waals surface area contributed by atoms with Gasteiger partial charge in [0.15, 0.2) is 0 Å². The molecule has 3 rings (SSSR count). The van der Waals surface area contributed by atoms with E-state index in [-0.39, 0.29) is 0 Å². The molecule has 22 heavy (non-hydrogen) atoms. The Kier molecular flexibility index (Phi) is 4.72. The summed E-state index contributed by atoms with van der Waals surface area (Å²) >= 11 is 0. The molecule has 0 unspecified atom stereocenters. The van der Waals surface area contributed by atoms with E-state index in [1.165, 1.54) is 5.56 Å². The van der Waals surface area contributed by atoms with Crippen molar-refractivity contribution in [1.82, 2.24) is 14.5 Å². The Morgan fingerprint density at radius 2 is 2.05 bits per heavy atom. The van der Waals surface area contributed by atoms with Gasteiger partial charge in [0.1, 0.15) is 0 Å². The summed E-state index contributed by atoms with van der Waals surface area (Å²) in [6.07, 6.45) is 3.97. The van der Waals surface area contributed by atoms with Gasteiger partial charge in [0.05, 0.1) is 24.2 Å². The van der Waals surface area contributed by atoms with Gasteiger partial charge in [-0.15, -0.1) is 0 Å². The Morgan fingerprint density at radius 1 is 1.23 bits per heavy atom. The van der Waals surface area contributed by atoms with Crippen LogP contribution in [0.3, 0.4) is 0 Å². The van der Waals surface area contributed by atoms with Crippen molar-refractivity contribution in [2.75, 3.05) is 38.6 Å². The van der Waals surface area contributed by atoms with Gasteiger partial charge in [-0.25, -0.2) is 4.98 Å². The van der Waals surface area contributed by atoms with Crippen LogP contribution in [-0.4, -0.2) is 47.3 Å². The molecule has 0 aliphatic carbocycles. The number of nitrogen functional groups attached to an aromatic ring is 1. The zero-order chi connectivity index (χ0) is 15.4. The van der Waals surface area contributed by atoms with Crippen molar-refractivity contribution < 1.29 is 4.74 Å². The third kappa shape index (κ3) is 3.14. The predicted octanol–water partition coefficient (Wildman–Crippen LogP) is 0.966. The van der Waals surface area contributed by atoms with Crippen LogP contribution in [0.1, 0.15) is 5.56 Å². The summed E-state index contributed by atoms with van der Waals surface area (Å²) in [4.78, 5) is 6.88. The van der Waals surface area contributed by atoms with Gasteiger partial charge in [0.2, 0.25) is 5.95 Å². The molecule has 4 N–H and O–H groups in total. The molecule has 118 valence electrons. The molecular weight excluding hydrogens is 278 g/mol. The molecule has 0 saturated carbocycles. The highest BCUT2D eigenvalue weighted by Gasteiger charge is 2.15. The van der Waals surface area contributed by atoms with Crippen LogP contribution >= 0.6 is 0 Å². The standard InChI is InChI=1S/C16H23N5O/c17-6-1-2-7-21-15-13(12-20-8-10-22-11-9-20)4-3-5-14(15)19-16(21)18/h1-5H,6-12,17H2,(H2,18,19)/b2-1+. The van der Waals surface area contributed by atoms with E-state index in [0.717, 1.165) is 43.9 Å². The van der Waals surface area contributed by atoms with Crippen LogP contribution in [0.25, 0.3) is 11.0 Å². The molecule has 2 aromatic rings. The number of allylic oxidation sites excluding steroid dienone is 1. The van der Waals surface area contributed by atoms with E-state index in [4.69, 9.17) is 16.2 Å². The SMILES string of the molecule is NC/C=C/Cn1c(N)nc2cccc(CN3CCOCC3)c21. The van der Waals surface area contributed by atoms with E-state index >= 15 is 0 Å². The molecule has 1 fully saturated rings. The van der Waals surface area contributed by atoms with Crippen molar-refractivity contribution in [2.45, 2.75) is 13.1 Å². The number of nitrogens with two attached hydrogens (primary N) is 2. The molecule has 0 bridgehead atoms. The van der Waals surface area contributed by atoms with Gasteiger partial charge in [-0.3, -0.25) is 4.90 Å².